The Hall–Kier alpha value is -2.62. The van der Waals surface area contributed by atoms with Crippen molar-refractivity contribution < 1.29 is 19.4 Å². The van der Waals surface area contributed by atoms with Crippen molar-refractivity contribution in [3.63, 3.8) is 0 Å². The highest BCUT2D eigenvalue weighted by atomic mass is 16.5. The van der Waals surface area contributed by atoms with E-state index in [1.54, 1.807) is 19.1 Å². The van der Waals surface area contributed by atoms with Gasteiger partial charge in [-0.2, -0.15) is 0 Å². The molecule has 4 heteroatoms. The monoisotopic (exact) mass is 312 g/mol. The van der Waals surface area contributed by atoms with Gasteiger partial charge in [0.15, 0.2) is 0 Å². The third-order valence-electron chi connectivity index (χ3n) is 3.81. The Balaban J connectivity index is 2.30. The van der Waals surface area contributed by atoms with Gasteiger partial charge in [0.25, 0.3) is 0 Å². The molecule has 2 aromatic carbocycles. The number of carbonyl (C=O) groups excluding carboxylic acids is 1. The van der Waals surface area contributed by atoms with Crippen LogP contribution in [0.5, 0.6) is 0 Å². The van der Waals surface area contributed by atoms with Gasteiger partial charge in [0.05, 0.1) is 11.1 Å². The van der Waals surface area contributed by atoms with Crippen molar-refractivity contribution in [2.75, 3.05) is 0 Å². The van der Waals surface area contributed by atoms with Crippen LogP contribution in [-0.4, -0.2) is 17.0 Å². The minimum atomic E-state index is -1.15. The van der Waals surface area contributed by atoms with E-state index in [0.717, 1.165) is 22.3 Å². The van der Waals surface area contributed by atoms with Crippen LogP contribution < -0.4 is 0 Å². The average Bonchev–Trinajstić information content (AvgIpc) is 2.45. The van der Waals surface area contributed by atoms with Crippen LogP contribution in [0.3, 0.4) is 0 Å². The van der Waals surface area contributed by atoms with E-state index in [0.29, 0.717) is 0 Å². The topological polar surface area (TPSA) is 63.6 Å². The zero-order valence-electron chi connectivity index (χ0n) is 13.7. The van der Waals surface area contributed by atoms with Gasteiger partial charge in [-0.25, -0.2) is 9.59 Å². The Morgan fingerprint density at radius 1 is 1.00 bits per heavy atom. The molecular formula is C19H20O4. The maximum absolute atomic E-state index is 12.4. The third-order valence-corrected chi connectivity index (χ3v) is 3.81. The van der Waals surface area contributed by atoms with Crippen LogP contribution in [0.1, 0.15) is 56.0 Å². The van der Waals surface area contributed by atoms with Gasteiger partial charge < -0.3 is 9.84 Å². The van der Waals surface area contributed by atoms with Crippen LogP contribution in [0.25, 0.3) is 0 Å². The molecule has 0 saturated carbocycles. The van der Waals surface area contributed by atoms with E-state index < -0.39 is 18.0 Å². The highest BCUT2D eigenvalue weighted by Crippen LogP contribution is 2.27. The number of benzene rings is 2. The van der Waals surface area contributed by atoms with Crippen molar-refractivity contribution in [1.82, 2.24) is 0 Å². The number of esters is 1. The van der Waals surface area contributed by atoms with Gasteiger partial charge in [0, 0.05) is 0 Å². The van der Waals surface area contributed by atoms with Crippen LogP contribution in [0.15, 0.2) is 36.4 Å². The smallest absolute Gasteiger partial charge is 0.339 e. The van der Waals surface area contributed by atoms with Crippen molar-refractivity contribution in [3.8, 4) is 0 Å². The summed E-state index contributed by atoms with van der Waals surface area (Å²) >= 11 is 0. The zero-order chi connectivity index (χ0) is 17.1. The van der Waals surface area contributed by atoms with Crippen LogP contribution in [0, 0.1) is 20.8 Å². The van der Waals surface area contributed by atoms with E-state index in [4.69, 9.17) is 4.74 Å². The first-order valence-electron chi connectivity index (χ1n) is 7.42. The lowest BCUT2D eigenvalue weighted by Crippen LogP contribution is -2.15. The number of aromatic carboxylic acids is 1. The van der Waals surface area contributed by atoms with E-state index in [2.05, 4.69) is 0 Å². The summed E-state index contributed by atoms with van der Waals surface area (Å²) in [5.41, 5.74) is 4.22. The number of aryl methyl sites for hydroxylation is 3. The Labute approximate surface area is 135 Å². The highest BCUT2D eigenvalue weighted by molar-refractivity contribution is 6.02. The number of rotatable bonds is 4. The number of hydrogen-bond acceptors (Lipinski definition) is 3. The maximum Gasteiger partial charge on any atom is 0.339 e. The molecule has 2 rings (SSSR count). The Morgan fingerprint density at radius 3 is 2.04 bits per heavy atom. The fraction of sp³-hybridized carbons (Fsp3) is 0.263. The van der Waals surface area contributed by atoms with Crippen molar-refractivity contribution >= 4 is 11.9 Å². The number of carboxylic acid groups (broad SMARTS) is 1. The van der Waals surface area contributed by atoms with E-state index in [1.807, 2.05) is 32.9 Å². The molecule has 2 aromatic rings. The molecule has 0 bridgehead atoms. The maximum atomic E-state index is 12.4. The summed E-state index contributed by atoms with van der Waals surface area (Å²) in [6.07, 6.45) is -0.454. The SMILES string of the molecule is Cc1cc(C)c([C@H](C)OC(=O)c2ccccc2C(=O)O)c(C)c1. The fourth-order valence-electron chi connectivity index (χ4n) is 2.96. The van der Waals surface area contributed by atoms with Gasteiger partial charge >= 0.3 is 11.9 Å². The molecule has 1 N–H and O–H groups in total. The molecule has 4 nitrogen and oxygen atoms in total. The lowest BCUT2D eigenvalue weighted by atomic mass is 9.96. The highest BCUT2D eigenvalue weighted by Gasteiger charge is 2.21. The molecule has 0 amide bonds. The Bertz CT molecular complexity index is 739. The molecule has 23 heavy (non-hydrogen) atoms. The summed E-state index contributed by atoms with van der Waals surface area (Å²) in [7, 11) is 0. The summed E-state index contributed by atoms with van der Waals surface area (Å²) in [5.74, 6) is -1.78. The van der Waals surface area contributed by atoms with Gasteiger partial charge in [-0.1, -0.05) is 29.8 Å². The first-order chi connectivity index (χ1) is 10.8. The molecular weight excluding hydrogens is 292 g/mol. The second-order valence-corrected chi connectivity index (χ2v) is 5.71. The quantitative estimate of drug-likeness (QED) is 0.858. The van der Waals surface area contributed by atoms with E-state index >= 15 is 0 Å². The van der Waals surface area contributed by atoms with E-state index in [-0.39, 0.29) is 11.1 Å². The summed E-state index contributed by atoms with van der Waals surface area (Å²) in [4.78, 5) is 23.6. The van der Waals surface area contributed by atoms with Crippen molar-refractivity contribution in [3.05, 3.63) is 69.8 Å². The number of carbonyl (C=O) groups is 2. The molecule has 1 atom stereocenters. The lowest BCUT2D eigenvalue weighted by Gasteiger charge is -2.19. The molecule has 0 aromatic heterocycles. The minimum absolute atomic E-state index is 0.0537. The number of ether oxygens (including phenoxy) is 1. The minimum Gasteiger partial charge on any atom is -0.478 e. The van der Waals surface area contributed by atoms with E-state index in [1.165, 1.54) is 12.1 Å². The van der Waals surface area contributed by atoms with E-state index in [9.17, 15) is 14.7 Å². The fourth-order valence-corrected chi connectivity index (χ4v) is 2.96. The first kappa shape index (κ1) is 16.7. The molecule has 0 saturated heterocycles. The molecule has 0 fully saturated rings. The second-order valence-electron chi connectivity index (χ2n) is 5.71. The van der Waals surface area contributed by atoms with Crippen molar-refractivity contribution in [2.45, 2.75) is 33.8 Å². The van der Waals surface area contributed by atoms with Crippen LogP contribution >= 0.6 is 0 Å². The van der Waals surface area contributed by atoms with Gasteiger partial charge in [-0.05, 0) is 56.5 Å². The van der Waals surface area contributed by atoms with Crippen LogP contribution in [-0.2, 0) is 4.74 Å². The van der Waals surface area contributed by atoms with Crippen LogP contribution in [0.4, 0.5) is 0 Å². The summed E-state index contributed by atoms with van der Waals surface area (Å²) in [6.45, 7) is 7.77. The summed E-state index contributed by atoms with van der Waals surface area (Å²) in [5, 5.41) is 9.18. The molecule has 0 radical (unpaired) electrons. The summed E-state index contributed by atoms with van der Waals surface area (Å²) < 4.78 is 5.51. The third kappa shape index (κ3) is 3.59. The Morgan fingerprint density at radius 2 is 1.52 bits per heavy atom. The molecule has 0 aliphatic heterocycles. The second kappa shape index (κ2) is 6.65. The van der Waals surface area contributed by atoms with Gasteiger partial charge in [-0.15, -0.1) is 0 Å². The molecule has 0 unspecified atom stereocenters. The standard InChI is InChI=1S/C19H20O4/c1-11-9-12(2)17(13(3)10-11)14(4)23-19(22)16-8-6-5-7-15(16)18(20)21/h5-10,14H,1-4H3,(H,20,21)/t14-/m0/s1. The largest absolute Gasteiger partial charge is 0.478 e. The predicted octanol–water partition coefficient (Wildman–Crippen LogP) is 4.23. The molecule has 120 valence electrons. The zero-order valence-corrected chi connectivity index (χ0v) is 13.7. The molecule has 0 spiro atoms. The average molecular weight is 312 g/mol. The van der Waals surface area contributed by atoms with Crippen molar-refractivity contribution in [1.29, 1.82) is 0 Å². The normalized spacial score (nSPS) is 11.8. The van der Waals surface area contributed by atoms with Crippen molar-refractivity contribution in [2.24, 2.45) is 0 Å². The molecule has 0 aliphatic rings. The predicted molar refractivity (Wildman–Crippen MR) is 87.9 cm³/mol. The van der Waals surface area contributed by atoms with Gasteiger partial charge in [0.2, 0.25) is 0 Å². The molecule has 0 heterocycles. The van der Waals surface area contributed by atoms with Gasteiger partial charge in [0.1, 0.15) is 6.10 Å². The lowest BCUT2D eigenvalue weighted by molar-refractivity contribution is 0.0329. The van der Waals surface area contributed by atoms with Gasteiger partial charge in [-0.3, -0.25) is 0 Å². The van der Waals surface area contributed by atoms with Crippen LogP contribution in [0.2, 0.25) is 0 Å². The first-order valence-corrected chi connectivity index (χ1v) is 7.42. The molecule has 0 aliphatic carbocycles. The number of hydrogen-bond donors (Lipinski definition) is 1. The number of carboxylic acids is 1. The Kier molecular flexibility index (Phi) is 4.84. The summed E-state index contributed by atoms with van der Waals surface area (Å²) in [6, 6.07) is 10.1.